The molecule has 24 heavy (non-hydrogen) atoms. The lowest BCUT2D eigenvalue weighted by Gasteiger charge is -2.36. The molecule has 1 aliphatic rings. The van der Waals surface area contributed by atoms with Gasteiger partial charge in [-0.1, -0.05) is 0 Å². The molecule has 122 valence electrons. The van der Waals surface area contributed by atoms with Crippen LogP contribution in [0.1, 0.15) is 10.4 Å². The fraction of sp³-hybridized carbons (Fsp3) is 0.235. The molecule has 7 nitrogen and oxygen atoms in total. The third-order valence-corrected chi connectivity index (χ3v) is 4.26. The van der Waals surface area contributed by atoms with E-state index in [1.807, 2.05) is 23.1 Å². The van der Waals surface area contributed by atoms with Gasteiger partial charge in [0.1, 0.15) is 0 Å². The number of hydrogen-bond acceptors (Lipinski definition) is 5. The summed E-state index contributed by atoms with van der Waals surface area (Å²) in [6.07, 6.45) is 3.26. The van der Waals surface area contributed by atoms with Gasteiger partial charge in [-0.15, -0.1) is 0 Å². The van der Waals surface area contributed by atoms with Crippen molar-refractivity contribution >= 4 is 22.7 Å². The monoisotopic (exact) mass is 324 g/mol. The molecule has 0 atom stereocenters. The van der Waals surface area contributed by atoms with E-state index >= 15 is 0 Å². The van der Waals surface area contributed by atoms with Gasteiger partial charge in [0.2, 0.25) is 0 Å². The van der Waals surface area contributed by atoms with Gasteiger partial charge >= 0.3 is 5.76 Å². The van der Waals surface area contributed by atoms with Crippen LogP contribution in [0.3, 0.4) is 0 Å². The van der Waals surface area contributed by atoms with E-state index in [1.165, 1.54) is 0 Å². The number of oxazole rings is 1. The molecule has 0 saturated carbocycles. The van der Waals surface area contributed by atoms with Crippen molar-refractivity contribution in [3.05, 3.63) is 58.8 Å². The van der Waals surface area contributed by atoms with E-state index in [-0.39, 0.29) is 5.91 Å². The summed E-state index contributed by atoms with van der Waals surface area (Å²) in [7, 11) is 0. The number of pyridine rings is 1. The Labute approximate surface area is 137 Å². The molecule has 0 spiro atoms. The van der Waals surface area contributed by atoms with Crippen LogP contribution < -0.4 is 10.7 Å². The van der Waals surface area contributed by atoms with Crippen molar-refractivity contribution in [2.24, 2.45) is 0 Å². The van der Waals surface area contributed by atoms with Gasteiger partial charge in [0.15, 0.2) is 5.58 Å². The number of H-pyrrole nitrogens is 1. The maximum absolute atomic E-state index is 12.4. The molecule has 1 aromatic carbocycles. The molecule has 1 amide bonds. The number of carbonyl (C=O) groups is 1. The molecule has 3 aromatic rings. The molecule has 1 aliphatic heterocycles. The number of carbonyl (C=O) groups excluding carboxylic acids is 1. The molecule has 0 bridgehead atoms. The zero-order chi connectivity index (χ0) is 16.5. The Bertz CT molecular complexity index is 924. The molecule has 0 radical (unpaired) electrons. The second-order valence-electron chi connectivity index (χ2n) is 5.71. The lowest BCUT2D eigenvalue weighted by molar-refractivity contribution is 0.0746. The molecule has 1 fully saturated rings. The van der Waals surface area contributed by atoms with Crippen LogP contribution in [0.5, 0.6) is 0 Å². The number of nitrogens with zero attached hydrogens (tertiary/aromatic N) is 3. The summed E-state index contributed by atoms with van der Waals surface area (Å²) >= 11 is 0. The minimum absolute atomic E-state index is 0.0316. The topological polar surface area (TPSA) is 82.4 Å². The molecule has 3 heterocycles. The Balaban J connectivity index is 1.47. The third-order valence-electron chi connectivity index (χ3n) is 4.26. The SMILES string of the molecule is O=C(c1ccncc1)N1CCN(c2ccc3[nH]c(=O)oc3c2)CC1. The maximum Gasteiger partial charge on any atom is 0.417 e. The van der Waals surface area contributed by atoms with Gasteiger partial charge in [-0.2, -0.15) is 0 Å². The summed E-state index contributed by atoms with van der Waals surface area (Å²) in [6, 6.07) is 9.11. The number of benzene rings is 1. The van der Waals surface area contributed by atoms with Gasteiger partial charge in [-0.3, -0.25) is 14.8 Å². The van der Waals surface area contributed by atoms with Gasteiger partial charge in [0, 0.05) is 55.9 Å². The first-order chi connectivity index (χ1) is 11.7. The molecule has 0 unspecified atom stereocenters. The van der Waals surface area contributed by atoms with Crippen LogP contribution in [0, 0.1) is 0 Å². The second kappa shape index (κ2) is 5.84. The predicted octanol–water partition coefficient (Wildman–Crippen LogP) is 1.48. The highest BCUT2D eigenvalue weighted by molar-refractivity contribution is 5.94. The van der Waals surface area contributed by atoms with E-state index in [9.17, 15) is 9.59 Å². The lowest BCUT2D eigenvalue weighted by Crippen LogP contribution is -2.48. The van der Waals surface area contributed by atoms with Gasteiger partial charge in [0.25, 0.3) is 5.91 Å². The van der Waals surface area contributed by atoms with E-state index in [0.29, 0.717) is 29.8 Å². The van der Waals surface area contributed by atoms with E-state index in [2.05, 4.69) is 14.9 Å². The van der Waals surface area contributed by atoms with E-state index < -0.39 is 5.76 Å². The number of piperazine rings is 1. The Hall–Kier alpha value is -3.09. The molecular formula is C17H16N4O3. The zero-order valence-corrected chi connectivity index (χ0v) is 12.9. The predicted molar refractivity (Wildman–Crippen MR) is 89.2 cm³/mol. The van der Waals surface area contributed by atoms with Crippen LogP contribution in [-0.2, 0) is 0 Å². The molecular weight excluding hydrogens is 308 g/mol. The Morgan fingerprint density at radius 3 is 2.58 bits per heavy atom. The summed E-state index contributed by atoms with van der Waals surface area (Å²) in [6.45, 7) is 2.76. The normalized spacial score (nSPS) is 15.0. The number of rotatable bonds is 2. The van der Waals surface area contributed by atoms with Crippen molar-refractivity contribution < 1.29 is 9.21 Å². The summed E-state index contributed by atoms with van der Waals surface area (Å²) in [5, 5.41) is 0. The quantitative estimate of drug-likeness (QED) is 0.772. The van der Waals surface area contributed by atoms with Gasteiger partial charge in [0.05, 0.1) is 5.52 Å². The van der Waals surface area contributed by atoms with Crippen LogP contribution in [0.4, 0.5) is 5.69 Å². The lowest BCUT2D eigenvalue weighted by atomic mass is 10.2. The number of nitrogens with one attached hydrogen (secondary N) is 1. The van der Waals surface area contributed by atoms with Crippen molar-refractivity contribution in [1.29, 1.82) is 0 Å². The standard InChI is InChI=1S/C17H16N4O3/c22-16(12-3-5-18-6-4-12)21-9-7-20(8-10-21)13-1-2-14-15(11-13)24-17(23)19-14/h1-6,11H,7-10H2,(H,19,23). The maximum atomic E-state index is 12.4. The van der Waals surface area contributed by atoms with Crippen molar-refractivity contribution in [2.75, 3.05) is 31.1 Å². The molecule has 1 saturated heterocycles. The minimum Gasteiger partial charge on any atom is -0.408 e. The molecule has 4 rings (SSSR count). The number of aromatic amines is 1. The molecule has 2 aromatic heterocycles. The Morgan fingerprint density at radius 1 is 1.08 bits per heavy atom. The first-order valence-corrected chi connectivity index (χ1v) is 7.78. The number of hydrogen-bond donors (Lipinski definition) is 1. The first-order valence-electron chi connectivity index (χ1n) is 7.78. The summed E-state index contributed by atoms with van der Waals surface area (Å²) in [5.74, 6) is -0.418. The van der Waals surface area contributed by atoms with Crippen molar-refractivity contribution in [1.82, 2.24) is 14.9 Å². The van der Waals surface area contributed by atoms with Crippen LogP contribution >= 0.6 is 0 Å². The van der Waals surface area contributed by atoms with Crippen LogP contribution in [0.2, 0.25) is 0 Å². The summed E-state index contributed by atoms with van der Waals surface area (Å²) in [5.41, 5.74) is 2.89. The van der Waals surface area contributed by atoms with Crippen LogP contribution in [-0.4, -0.2) is 47.0 Å². The van der Waals surface area contributed by atoms with Crippen molar-refractivity contribution in [3.63, 3.8) is 0 Å². The van der Waals surface area contributed by atoms with Crippen LogP contribution in [0.25, 0.3) is 11.1 Å². The Kier molecular flexibility index (Phi) is 3.53. The van der Waals surface area contributed by atoms with E-state index in [1.54, 1.807) is 24.5 Å². The average Bonchev–Trinajstić information content (AvgIpc) is 3.01. The third kappa shape index (κ3) is 2.64. The number of anilines is 1. The van der Waals surface area contributed by atoms with Gasteiger partial charge < -0.3 is 14.2 Å². The largest absolute Gasteiger partial charge is 0.417 e. The Morgan fingerprint density at radius 2 is 1.83 bits per heavy atom. The van der Waals surface area contributed by atoms with E-state index in [4.69, 9.17) is 4.42 Å². The molecule has 1 N–H and O–H groups in total. The van der Waals surface area contributed by atoms with Crippen molar-refractivity contribution in [2.45, 2.75) is 0 Å². The smallest absolute Gasteiger partial charge is 0.408 e. The second-order valence-corrected chi connectivity index (χ2v) is 5.71. The van der Waals surface area contributed by atoms with Crippen LogP contribution in [0.15, 0.2) is 51.9 Å². The number of aromatic nitrogens is 2. The van der Waals surface area contributed by atoms with Gasteiger partial charge in [-0.25, -0.2) is 4.79 Å². The highest BCUT2D eigenvalue weighted by Crippen LogP contribution is 2.22. The summed E-state index contributed by atoms with van der Waals surface area (Å²) < 4.78 is 5.11. The highest BCUT2D eigenvalue weighted by atomic mass is 16.4. The highest BCUT2D eigenvalue weighted by Gasteiger charge is 2.22. The molecule has 0 aliphatic carbocycles. The fourth-order valence-corrected chi connectivity index (χ4v) is 2.98. The van der Waals surface area contributed by atoms with Crippen molar-refractivity contribution in [3.8, 4) is 0 Å². The number of amides is 1. The minimum atomic E-state index is -0.449. The first kappa shape index (κ1) is 14.5. The average molecular weight is 324 g/mol. The molecule has 7 heteroatoms. The van der Waals surface area contributed by atoms with E-state index in [0.717, 1.165) is 18.8 Å². The zero-order valence-electron chi connectivity index (χ0n) is 12.9. The van der Waals surface area contributed by atoms with Gasteiger partial charge in [-0.05, 0) is 24.3 Å². The summed E-state index contributed by atoms with van der Waals surface area (Å²) in [4.78, 5) is 34.3. The fourth-order valence-electron chi connectivity index (χ4n) is 2.98. The number of fused-ring (bicyclic) bond motifs is 1.